The van der Waals surface area contributed by atoms with Gasteiger partial charge in [0.05, 0.1) is 0 Å². The van der Waals surface area contributed by atoms with Gasteiger partial charge in [-0.15, -0.1) is 0 Å². The topological polar surface area (TPSA) is 0 Å². The highest BCUT2D eigenvalue weighted by Crippen LogP contribution is 2.36. The van der Waals surface area contributed by atoms with Gasteiger partial charge >= 0.3 is 0 Å². The van der Waals surface area contributed by atoms with Gasteiger partial charge in [0.1, 0.15) is 0 Å². The first-order chi connectivity index (χ1) is 5.74. The highest BCUT2D eigenvalue weighted by Gasteiger charge is 2.24. The van der Waals surface area contributed by atoms with Crippen LogP contribution in [0.1, 0.15) is 46.5 Å². The smallest absolute Gasteiger partial charge is 0.00752 e. The molecule has 0 aromatic rings. The minimum absolute atomic E-state index is 0.966. The second-order valence-electron chi connectivity index (χ2n) is 4.30. The monoisotopic (exact) mass is 186 g/mol. The molecule has 0 nitrogen and oxygen atoms in total. The zero-order chi connectivity index (χ0) is 8.97. The molecule has 0 aliphatic heterocycles. The van der Waals surface area contributed by atoms with E-state index in [1.54, 1.807) is 0 Å². The molecule has 72 valence electrons. The Kier molecular flexibility index (Phi) is 4.49. The Morgan fingerprint density at radius 2 is 2.00 bits per heavy atom. The van der Waals surface area contributed by atoms with E-state index in [1.165, 1.54) is 31.4 Å². The Hall–Kier alpha value is 0.350. The van der Waals surface area contributed by atoms with Gasteiger partial charge in [0, 0.05) is 5.25 Å². The number of rotatable bonds is 3. The first-order valence-corrected chi connectivity index (χ1v) is 6.40. The molecular formula is C11H22S. The van der Waals surface area contributed by atoms with Crippen LogP contribution in [0.2, 0.25) is 0 Å². The van der Waals surface area contributed by atoms with Gasteiger partial charge in [0.2, 0.25) is 0 Å². The summed E-state index contributed by atoms with van der Waals surface area (Å²) in [6.45, 7) is 7.12. The Balaban J connectivity index is 2.28. The third-order valence-electron chi connectivity index (χ3n) is 2.92. The van der Waals surface area contributed by atoms with Gasteiger partial charge in [-0.1, -0.05) is 27.2 Å². The lowest BCUT2D eigenvalue weighted by Gasteiger charge is -2.32. The van der Waals surface area contributed by atoms with Crippen molar-refractivity contribution in [3.63, 3.8) is 0 Å². The normalized spacial score (nSPS) is 36.8. The molecular weight excluding hydrogens is 164 g/mol. The molecule has 3 unspecified atom stereocenters. The first kappa shape index (κ1) is 10.4. The standard InChI is InChI=1S/C11H22S/c1-4-7-12-11-8-9(2)5-6-10(11)3/h9-11H,4-8H2,1-3H3. The minimum Gasteiger partial charge on any atom is -0.158 e. The van der Waals surface area contributed by atoms with Crippen molar-refractivity contribution in [2.75, 3.05) is 5.75 Å². The summed E-state index contributed by atoms with van der Waals surface area (Å²) in [5.41, 5.74) is 0. The maximum Gasteiger partial charge on any atom is 0.00752 e. The fraction of sp³-hybridized carbons (Fsp3) is 1.00. The van der Waals surface area contributed by atoms with Gasteiger partial charge in [0.15, 0.2) is 0 Å². The molecule has 0 spiro atoms. The van der Waals surface area contributed by atoms with Gasteiger partial charge in [-0.3, -0.25) is 0 Å². The fourth-order valence-electron chi connectivity index (χ4n) is 1.98. The van der Waals surface area contributed by atoms with Crippen molar-refractivity contribution in [3.8, 4) is 0 Å². The molecule has 0 aromatic heterocycles. The van der Waals surface area contributed by atoms with Crippen LogP contribution < -0.4 is 0 Å². The molecule has 1 rings (SSSR count). The quantitative estimate of drug-likeness (QED) is 0.643. The van der Waals surface area contributed by atoms with Crippen LogP contribution in [0.15, 0.2) is 0 Å². The fourth-order valence-corrected chi connectivity index (χ4v) is 3.45. The zero-order valence-electron chi connectivity index (χ0n) is 8.68. The summed E-state index contributed by atoms with van der Waals surface area (Å²) in [4.78, 5) is 0. The van der Waals surface area contributed by atoms with E-state index in [2.05, 4.69) is 32.5 Å². The number of thioether (sulfide) groups is 1. The maximum absolute atomic E-state index is 2.43. The van der Waals surface area contributed by atoms with E-state index in [-0.39, 0.29) is 0 Å². The van der Waals surface area contributed by atoms with Crippen LogP contribution in [0, 0.1) is 11.8 Å². The molecule has 0 heterocycles. The van der Waals surface area contributed by atoms with E-state index in [9.17, 15) is 0 Å². The van der Waals surface area contributed by atoms with Crippen LogP contribution in [-0.4, -0.2) is 11.0 Å². The summed E-state index contributed by atoms with van der Waals surface area (Å²) in [6.07, 6.45) is 5.72. The summed E-state index contributed by atoms with van der Waals surface area (Å²) in [5.74, 6) is 3.31. The van der Waals surface area contributed by atoms with Crippen molar-refractivity contribution in [3.05, 3.63) is 0 Å². The highest BCUT2D eigenvalue weighted by atomic mass is 32.2. The van der Waals surface area contributed by atoms with Crippen molar-refractivity contribution >= 4 is 11.8 Å². The van der Waals surface area contributed by atoms with E-state index in [4.69, 9.17) is 0 Å². The van der Waals surface area contributed by atoms with Gasteiger partial charge in [-0.05, 0) is 36.9 Å². The van der Waals surface area contributed by atoms with E-state index in [0.717, 1.165) is 17.1 Å². The van der Waals surface area contributed by atoms with Crippen LogP contribution >= 0.6 is 11.8 Å². The molecule has 0 N–H and O–H groups in total. The molecule has 0 radical (unpaired) electrons. The second-order valence-corrected chi connectivity index (χ2v) is 5.65. The summed E-state index contributed by atoms with van der Waals surface area (Å²) in [6, 6.07) is 0. The molecule has 1 aliphatic carbocycles. The average molecular weight is 186 g/mol. The molecule has 3 atom stereocenters. The third kappa shape index (κ3) is 3.01. The zero-order valence-corrected chi connectivity index (χ0v) is 9.49. The lowest BCUT2D eigenvalue weighted by molar-refractivity contribution is 0.318. The summed E-state index contributed by atoms with van der Waals surface area (Å²) >= 11 is 2.21. The Bertz CT molecular complexity index is 122. The molecule has 1 fully saturated rings. The predicted molar refractivity (Wildman–Crippen MR) is 58.7 cm³/mol. The highest BCUT2D eigenvalue weighted by molar-refractivity contribution is 7.99. The van der Waals surface area contributed by atoms with E-state index in [0.29, 0.717) is 0 Å². The predicted octanol–water partition coefficient (Wildman–Crippen LogP) is 3.95. The van der Waals surface area contributed by atoms with Gasteiger partial charge in [-0.25, -0.2) is 0 Å². The lowest BCUT2D eigenvalue weighted by Crippen LogP contribution is -2.24. The Morgan fingerprint density at radius 3 is 2.67 bits per heavy atom. The van der Waals surface area contributed by atoms with Gasteiger partial charge in [-0.2, -0.15) is 11.8 Å². The van der Waals surface area contributed by atoms with Crippen LogP contribution in [0.4, 0.5) is 0 Å². The van der Waals surface area contributed by atoms with Crippen LogP contribution in [0.25, 0.3) is 0 Å². The van der Waals surface area contributed by atoms with Crippen LogP contribution in [0.5, 0.6) is 0 Å². The number of hydrogen-bond acceptors (Lipinski definition) is 1. The average Bonchev–Trinajstić information content (AvgIpc) is 2.07. The molecule has 1 heteroatoms. The number of hydrogen-bond donors (Lipinski definition) is 0. The maximum atomic E-state index is 2.43. The van der Waals surface area contributed by atoms with Gasteiger partial charge < -0.3 is 0 Å². The first-order valence-electron chi connectivity index (χ1n) is 5.35. The van der Waals surface area contributed by atoms with Gasteiger partial charge in [0.25, 0.3) is 0 Å². The summed E-state index contributed by atoms with van der Waals surface area (Å²) in [5, 5.41) is 0.966. The van der Waals surface area contributed by atoms with Crippen LogP contribution in [0.3, 0.4) is 0 Å². The minimum atomic E-state index is 0.966. The Morgan fingerprint density at radius 1 is 1.25 bits per heavy atom. The SMILES string of the molecule is CCCSC1CC(C)CCC1C. The summed E-state index contributed by atoms with van der Waals surface area (Å²) in [7, 11) is 0. The van der Waals surface area contributed by atoms with Crippen molar-refractivity contribution in [1.29, 1.82) is 0 Å². The van der Waals surface area contributed by atoms with E-state index < -0.39 is 0 Å². The molecule has 0 aromatic carbocycles. The van der Waals surface area contributed by atoms with Crippen molar-refractivity contribution in [2.45, 2.75) is 51.7 Å². The van der Waals surface area contributed by atoms with E-state index >= 15 is 0 Å². The van der Waals surface area contributed by atoms with Crippen molar-refractivity contribution < 1.29 is 0 Å². The van der Waals surface area contributed by atoms with Crippen LogP contribution in [-0.2, 0) is 0 Å². The Labute approximate surface area is 81.5 Å². The molecule has 0 saturated heterocycles. The van der Waals surface area contributed by atoms with Crippen molar-refractivity contribution in [2.24, 2.45) is 11.8 Å². The van der Waals surface area contributed by atoms with Crippen molar-refractivity contribution in [1.82, 2.24) is 0 Å². The van der Waals surface area contributed by atoms with E-state index in [1.807, 2.05) is 0 Å². The molecule has 1 aliphatic rings. The molecule has 1 saturated carbocycles. The molecule has 0 amide bonds. The summed E-state index contributed by atoms with van der Waals surface area (Å²) < 4.78 is 0. The second kappa shape index (κ2) is 5.16. The molecule has 0 bridgehead atoms. The largest absolute Gasteiger partial charge is 0.158 e. The lowest BCUT2D eigenvalue weighted by atomic mass is 9.84. The third-order valence-corrected chi connectivity index (χ3v) is 4.65. The molecule has 12 heavy (non-hydrogen) atoms.